The van der Waals surface area contributed by atoms with Crippen LogP contribution in [0.15, 0.2) is 38.0 Å². The molecule has 5 heteroatoms. The predicted octanol–water partition coefficient (Wildman–Crippen LogP) is 1.30. The normalized spacial score (nSPS) is 5.87. The van der Waals surface area contributed by atoms with Crippen molar-refractivity contribution in [1.29, 1.82) is 5.26 Å². The van der Waals surface area contributed by atoms with Gasteiger partial charge in [-0.15, -0.1) is 0 Å². The van der Waals surface area contributed by atoms with Crippen LogP contribution in [0.3, 0.4) is 0 Å². The van der Waals surface area contributed by atoms with Gasteiger partial charge < -0.3 is 9.84 Å². The van der Waals surface area contributed by atoms with Crippen LogP contribution in [0.25, 0.3) is 0 Å². The van der Waals surface area contributed by atoms with E-state index in [9.17, 15) is 9.59 Å². The molecular weight excluding hydrogens is 198 g/mol. The number of methoxy groups -OCH3 is 1. The first-order valence-corrected chi connectivity index (χ1v) is 3.56. The summed E-state index contributed by atoms with van der Waals surface area (Å²) in [6, 6.07) is 1.69. The van der Waals surface area contributed by atoms with E-state index in [2.05, 4.69) is 24.5 Å². The lowest BCUT2D eigenvalue weighted by Crippen LogP contribution is -1.91. The van der Waals surface area contributed by atoms with Crippen LogP contribution >= 0.6 is 0 Å². The number of carbonyl (C=O) groups excluding carboxylic acids is 1. The van der Waals surface area contributed by atoms with Crippen LogP contribution in [-0.2, 0) is 14.3 Å². The molecule has 0 aliphatic heterocycles. The molecule has 1 N–H and O–H groups in total. The smallest absolute Gasteiger partial charge is 0.329 e. The molecule has 15 heavy (non-hydrogen) atoms. The fourth-order valence-electron chi connectivity index (χ4n) is 0.0833. The minimum Gasteiger partial charge on any atom is -0.478 e. The molecule has 0 aliphatic carbocycles. The zero-order valence-electron chi connectivity index (χ0n) is 8.47. The average molecular weight is 211 g/mol. The predicted molar refractivity (Wildman–Crippen MR) is 55.9 cm³/mol. The van der Waals surface area contributed by atoms with Crippen molar-refractivity contribution in [2.45, 2.75) is 0 Å². The summed E-state index contributed by atoms with van der Waals surface area (Å²) < 4.78 is 4.14. The van der Waals surface area contributed by atoms with Gasteiger partial charge in [0.2, 0.25) is 0 Å². The highest BCUT2D eigenvalue weighted by atomic mass is 16.5. The second kappa shape index (κ2) is 17.7. The van der Waals surface area contributed by atoms with Crippen molar-refractivity contribution in [3.63, 3.8) is 0 Å². The third kappa shape index (κ3) is 50.2. The number of carboxylic acid groups (broad SMARTS) is 1. The molecule has 0 fully saturated rings. The molecule has 0 bridgehead atoms. The number of esters is 1. The topological polar surface area (TPSA) is 87.4 Å². The second-order valence-corrected chi connectivity index (χ2v) is 1.60. The number of hydrogen-bond donors (Lipinski definition) is 1. The number of carbonyl (C=O) groups is 2. The summed E-state index contributed by atoms with van der Waals surface area (Å²) in [5.74, 6) is -1.37. The Kier molecular flexibility index (Phi) is 21.7. The van der Waals surface area contributed by atoms with Gasteiger partial charge in [-0.05, 0) is 0 Å². The zero-order valence-corrected chi connectivity index (χ0v) is 8.47. The average Bonchev–Trinajstić information content (AvgIpc) is 2.28. The van der Waals surface area contributed by atoms with Crippen molar-refractivity contribution in [2.24, 2.45) is 0 Å². The van der Waals surface area contributed by atoms with E-state index in [0.29, 0.717) is 0 Å². The van der Waals surface area contributed by atoms with Gasteiger partial charge in [0, 0.05) is 18.2 Å². The van der Waals surface area contributed by atoms with Gasteiger partial charge in [-0.1, -0.05) is 19.7 Å². The van der Waals surface area contributed by atoms with Gasteiger partial charge in [-0.25, -0.2) is 9.59 Å². The summed E-state index contributed by atoms with van der Waals surface area (Å²) in [4.78, 5) is 19.1. The zero-order chi connectivity index (χ0) is 12.7. The Balaban J connectivity index is -0.000000147. The second-order valence-electron chi connectivity index (χ2n) is 1.60. The summed E-state index contributed by atoms with van der Waals surface area (Å²) in [6.07, 6.45) is 3.12. The number of nitriles is 1. The van der Waals surface area contributed by atoms with E-state index >= 15 is 0 Å². The van der Waals surface area contributed by atoms with Gasteiger partial charge >= 0.3 is 11.9 Å². The van der Waals surface area contributed by atoms with Crippen LogP contribution < -0.4 is 0 Å². The number of ether oxygens (including phenoxy) is 1. The van der Waals surface area contributed by atoms with Crippen LogP contribution in [0.4, 0.5) is 0 Å². The molecule has 82 valence electrons. The first-order chi connectivity index (χ1) is 6.99. The quantitative estimate of drug-likeness (QED) is 0.422. The lowest BCUT2D eigenvalue weighted by Gasteiger charge is -1.83. The lowest BCUT2D eigenvalue weighted by molar-refractivity contribution is -0.135. The highest BCUT2D eigenvalue weighted by Crippen LogP contribution is 1.67. The Morgan fingerprint density at radius 3 is 1.67 bits per heavy atom. The molecule has 0 radical (unpaired) electrons. The minimum absolute atomic E-state index is 0.394. The van der Waals surface area contributed by atoms with E-state index in [0.717, 1.165) is 12.2 Å². The van der Waals surface area contributed by atoms with Crippen molar-refractivity contribution >= 4 is 11.9 Å². The summed E-state index contributed by atoms with van der Waals surface area (Å²) >= 11 is 0. The molecule has 0 aromatic heterocycles. The largest absolute Gasteiger partial charge is 0.478 e. The fraction of sp³-hybridized carbons (Fsp3) is 0.100. The molecule has 0 aliphatic rings. The molecule has 0 aromatic rings. The number of aliphatic carboxylic acids is 1. The van der Waals surface area contributed by atoms with Crippen molar-refractivity contribution in [3.8, 4) is 6.07 Å². The number of nitrogens with zero attached hydrogens (tertiary/aromatic N) is 1. The molecule has 0 saturated heterocycles. The summed E-state index contributed by atoms with van der Waals surface area (Å²) in [6.45, 7) is 9.24. The van der Waals surface area contributed by atoms with E-state index in [1.165, 1.54) is 13.2 Å². The maximum atomic E-state index is 9.84. The van der Waals surface area contributed by atoms with Crippen LogP contribution in [0.5, 0.6) is 0 Å². The highest BCUT2D eigenvalue weighted by molar-refractivity contribution is 5.80. The summed E-state index contributed by atoms with van der Waals surface area (Å²) in [5, 5.41) is 15.1. The van der Waals surface area contributed by atoms with E-state index < -0.39 is 11.9 Å². The Morgan fingerprint density at radius 1 is 1.33 bits per heavy atom. The van der Waals surface area contributed by atoms with E-state index in [4.69, 9.17) is 10.4 Å². The molecule has 0 rings (SSSR count). The third-order valence-corrected chi connectivity index (χ3v) is 0.634. The molecule has 0 heterocycles. The van der Waals surface area contributed by atoms with Gasteiger partial charge in [0.25, 0.3) is 0 Å². The minimum atomic E-state index is -0.981. The number of allylic oxidation sites excluding steroid dienone is 1. The van der Waals surface area contributed by atoms with Gasteiger partial charge in [-0.3, -0.25) is 0 Å². The van der Waals surface area contributed by atoms with Crippen molar-refractivity contribution in [1.82, 2.24) is 0 Å². The highest BCUT2D eigenvalue weighted by Gasteiger charge is 1.81. The number of rotatable bonds is 2. The van der Waals surface area contributed by atoms with Gasteiger partial charge in [0.1, 0.15) is 0 Å². The van der Waals surface area contributed by atoms with E-state index in [-0.39, 0.29) is 0 Å². The standard InChI is InChI=1S/C4H6O2.C3H3N.C3H4O2/c1-3-4(5)6-2;1-2-3-4;1-2-3(4)5/h3H,1H2,2H3;2H,1H2;2H,1H2,(H,4,5). The van der Waals surface area contributed by atoms with Crippen LogP contribution in [-0.4, -0.2) is 24.2 Å². The van der Waals surface area contributed by atoms with Crippen LogP contribution in [0, 0.1) is 11.3 Å². The number of hydrogen-bond acceptors (Lipinski definition) is 4. The molecule has 0 amide bonds. The maximum Gasteiger partial charge on any atom is 0.329 e. The first-order valence-electron chi connectivity index (χ1n) is 3.56. The molecule has 5 nitrogen and oxygen atoms in total. The van der Waals surface area contributed by atoms with Gasteiger partial charge in [-0.2, -0.15) is 5.26 Å². The Hall–Kier alpha value is -2.35. The van der Waals surface area contributed by atoms with Crippen LogP contribution in [0.1, 0.15) is 0 Å². The SMILES string of the molecule is C=CC#N.C=CC(=O)O.C=CC(=O)OC. The van der Waals surface area contributed by atoms with Crippen LogP contribution in [0.2, 0.25) is 0 Å². The number of carboxylic acids is 1. The van der Waals surface area contributed by atoms with Gasteiger partial charge in [0.05, 0.1) is 13.2 Å². The molecule has 0 aromatic carbocycles. The lowest BCUT2D eigenvalue weighted by atomic mass is 10.7. The Morgan fingerprint density at radius 2 is 1.67 bits per heavy atom. The Bertz CT molecular complexity index is 263. The maximum absolute atomic E-state index is 9.84. The molecule has 0 saturated carbocycles. The first kappa shape index (κ1) is 18.4. The van der Waals surface area contributed by atoms with Crippen molar-refractivity contribution in [3.05, 3.63) is 38.0 Å². The Labute approximate surface area is 88.6 Å². The molecule has 0 unspecified atom stereocenters. The van der Waals surface area contributed by atoms with Crippen molar-refractivity contribution < 1.29 is 19.4 Å². The van der Waals surface area contributed by atoms with E-state index in [1.54, 1.807) is 6.07 Å². The molecule has 0 spiro atoms. The van der Waals surface area contributed by atoms with E-state index in [1.807, 2.05) is 0 Å². The van der Waals surface area contributed by atoms with Gasteiger partial charge in [0.15, 0.2) is 0 Å². The summed E-state index contributed by atoms with van der Waals surface area (Å²) in [5.41, 5.74) is 0. The molecule has 0 atom stereocenters. The summed E-state index contributed by atoms with van der Waals surface area (Å²) in [7, 11) is 1.31. The fourth-order valence-corrected chi connectivity index (χ4v) is 0.0833. The van der Waals surface area contributed by atoms with Crippen molar-refractivity contribution in [2.75, 3.05) is 7.11 Å². The molecular formula is C10H13NO4. The third-order valence-electron chi connectivity index (χ3n) is 0.634. The monoisotopic (exact) mass is 211 g/mol.